The normalized spacial score (nSPS) is 10.3. The summed E-state index contributed by atoms with van der Waals surface area (Å²) < 4.78 is 0.805. The Balaban J connectivity index is 2.67. The van der Waals surface area contributed by atoms with Crippen LogP contribution in [-0.4, -0.2) is 21.8 Å². The van der Waals surface area contributed by atoms with Crippen LogP contribution in [0.25, 0.3) is 0 Å². The lowest BCUT2D eigenvalue weighted by Gasteiger charge is -1.97. The van der Waals surface area contributed by atoms with Gasteiger partial charge in [0.25, 0.3) is 0 Å². The standard InChI is InChI=1S/C10H13NO2S2/c1-4-6(2)5-14-10-11-7(3)8(15-10)9(12)13/h2,4-5H2,1,3H3,(H,12,13). The molecule has 3 nitrogen and oxygen atoms in total. The Hall–Kier alpha value is -0.810. The fraction of sp³-hybridized carbons (Fsp3) is 0.400. The van der Waals surface area contributed by atoms with Gasteiger partial charge in [-0.2, -0.15) is 0 Å². The third-order valence-corrected chi connectivity index (χ3v) is 4.31. The molecule has 0 bridgehead atoms. The fourth-order valence-corrected chi connectivity index (χ4v) is 2.93. The molecule has 5 heteroatoms. The third kappa shape index (κ3) is 3.35. The summed E-state index contributed by atoms with van der Waals surface area (Å²) in [6.07, 6.45) is 0.948. The first-order chi connectivity index (χ1) is 7.04. The summed E-state index contributed by atoms with van der Waals surface area (Å²) in [6.45, 7) is 7.67. The summed E-state index contributed by atoms with van der Waals surface area (Å²) in [5.41, 5.74) is 1.74. The van der Waals surface area contributed by atoms with E-state index in [-0.39, 0.29) is 0 Å². The fourth-order valence-electron chi connectivity index (χ4n) is 0.898. The molecule has 1 aromatic heterocycles. The maximum Gasteiger partial charge on any atom is 0.347 e. The van der Waals surface area contributed by atoms with Gasteiger partial charge in [0.1, 0.15) is 4.88 Å². The molecule has 1 N–H and O–H groups in total. The molecule has 0 aliphatic rings. The molecule has 1 heterocycles. The van der Waals surface area contributed by atoms with E-state index in [0.29, 0.717) is 10.6 Å². The molecule has 15 heavy (non-hydrogen) atoms. The van der Waals surface area contributed by atoms with Gasteiger partial charge in [0.15, 0.2) is 4.34 Å². The number of nitrogens with zero attached hydrogens (tertiary/aromatic N) is 1. The van der Waals surface area contributed by atoms with E-state index in [0.717, 1.165) is 22.1 Å². The van der Waals surface area contributed by atoms with Gasteiger partial charge in [-0.3, -0.25) is 0 Å². The van der Waals surface area contributed by atoms with E-state index in [4.69, 9.17) is 5.11 Å². The van der Waals surface area contributed by atoms with Crippen molar-refractivity contribution in [2.45, 2.75) is 24.6 Å². The summed E-state index contributed by atoms with van der Waals surface area (Å²) in [6, 6.07) is 0. The molecule has 0 saturated carbocycles. The van der Waals surface area contributed by atoms with Crippen molar-refractivity contribution in [2.75, 3.05) is 5.75 Å². The van der Waals surface area contributed by atoms with Crippen LogP contribution in [-0.2, 0) is 0 Å². The molecule has 0 aliphatic heterocycles. The van der Waals surface area contributed by atoms with Gasteiger partial charge in [-0.1, -0.05) is 30.8 Å². The van der Waals surface area contributed by atoms with E-state index in [9.17, 15) is 4.79 Å². The van der Waals surface area contributed by atoms with Crippen LogP contribution in [0.5, 0.6) is 0 Å². The molecule has 0 atom stereocenters. The van der Waals surface area contributed by atoms with Crippen molar-refractivity contribution >= 4 is 29.1 Å². The van der Waals surface area contributed by atoms with Gasteiger partial charge in [0.2, 0.25) is 0 Å². The van der Waals surface area contributed by atoms with Gasteiger partial charge in [0.05, 0.1) is 5.69 Å². The summed E-state index contributed by atoms with van der Waals surface area (Å²) >= 11 is 2.78. The molecule has 1 rings (SSSR count). The minimum atomic E-state index is -0.897. The van der Waals surface area contributed by atoms with E-state index in [2.05, 4.69) is 18.5 Å². The number of aromatic carboxylic acids is 1. The van der Waals surface area contributed by atoms with Gasteiger partial charge in [-0.25, -0.2) is 9.78 Å². The first-order valence-corrected chi connectivity index (χ1v) is 6.35. The zero-order chi connectivity index (χ0) is 11.4. The number of hydrogen-bond acceptors (Lipinski definition) is 4. The average molecular weight is 243 g/mol. The van der Waals surface area contributed by atoms with Crippen LogP contribution in [0.4, 0.5) is 0 Å². The minimum Gasteiger partial charge on any atom is -0.477 e. The highest BCUT2D eigenvalue weighted by Crippen LogP contribution is 2.28. The molecule has 0 aromatic carbocycles. The Kier molecular flexibility index (Phi) is 4.35. The average Bonchev–Trinajstić information content (AvgIpc) is 2.56. The monoisotopic (exact) mass is 243 g/mol. The topological polar surface area (TPSA) is 50.2 Å². The van der Waals surface area contributed by atoms with Gasteiger partial charge >= 0.3 is 5.97 Å². The minimum absolute atomic E-state index is 0.333. The molecular formula is C10H13NO2S2. The molecule has 82 valence electrons. The number of carboxylic acid groups (broad SMARTS) is 1. The molecular weight excluding hydrogens is 230 g/mol. The number of thioether (sulfide) groups is 1. The summed E-state index contributed by atoms with van der Waals surface area (Å²) in [5.74, 6) is -0.0890. The molecule has 1 aromatic rings. The van der Waals surface area contributed by atoms with Crippen molar-refractivity contribution in [1.29, 1.82) is 0 Å². The van der Waals surface area contributed by atoms with Crippen molar-refractivity contribution in [3.05, 3.63) is 22.7 Å². The Bertz CT molecular complexity index is 385. The SMILES string of the molecule is C=C(CC)CSc1nc(C)c(C(=O)O)s1. The predicted octanol–water partition coefficient (Wildman–Crippen LogP) is 3.21. The molecule has 0 fully saturated rings. The van der Waals surface area contributed by atoms with Crippen LogP contribution in [0, 0.1) is 6.92 Å². The number of aromatic nitrogens is 1. The Morgan fingerprint density at radius 3 is 2.80 bits per heavy atom. The van der Waals surface area contributed by atoms with Gasteiger partial charge < -0.3 is 5.11 Å². The van der Waals surface area contributed by atoms with Crippen LogP contribution in [0.3, 0.4) is 0 Å². The second kappa shape index (κ2) is 5.32. The van der Waals surface area contributed by atoms with Crippen LogP contribution in [0.1, 0.15) is 28.7 Å². The maximum absolute atomic E-state index is 10.8. The zero-order valence-corrected chi connectivity index (χ0v) is 10.4. The van der Waals surface area contributed by atoms with E-state index in [1.54, 1.807) is 18.7 Å². The number of aryl methyl sites for hydroxylation is 1. The van der Waals surface area contributed by atoms with E-state index in [1.807, 2.05) is 0 Å². The smallest absolute Gasteiger partial charge is 0.347 e. The van der Waals surface area contributed by atoms with Crippen LogP contribution >= 0.6 is 23.1 Å². The van der Waals surface area contributed by atoms with Crippen molar-refractivity contribution in [3.8, 4) is 0 Å². The van der Waals surface area contributed by atoms with E-state index >= 15 is 0 Å². The van der Waals surface area contributed by atoms with E-state index in [1.165, 1.54) is 11.3 Å². The Morgan fingerprint density at radius 2 is 2.33 bits per heavy atom. The number of carboxylic acids is 1. The van der Waals surface area contributed by atoms with Crippen molar-refractivity contribution < 1.29 is 9.90 Å². The highest BCUT2D eigenvalue weighted by molar-refractivity contribution is 8.01. The molecule has 0 unspecified atom stereocenters. The van der Waals surface area contributed by atoms with Crippen molar-refractivity contribution in [2.24, 2.45) is 0 Å². The largest absolute Gasteiger partial charge is 0.477 e. The maximum atomic E-state index is 10.8. The number of carbonyl (C=O) groups is 1. The third-order valence-electron chi connectivity index (χ3n) is 1.87. The number of thiazole rings is 1. The van der Waals surface area contributed by atoms with Crippen LogP contribution in [0.2, 0.25) is 0 Å². The second-order valence-corrected chi connectivity index (χ2v) is 5.31. The Morgan fingerprint density at radius 1 is 1.67 bits per heavy atom. The Labute approximate surface area is 97.2 Å². The zero-order valence-electron chi connectivity index (χ0n) is 8.74. The number of rotatable bonds is 5. The van der Waals surface area contributed by atoms with Crippen molar-refractivity contribution in [1.82, 2.24) is 4.98 Å². The first kappa shape index (κ1) is 12.3. The summed E-state index contributed by atoms with van der Waals surface area (Å²) in [7, 11) is 0. The molecule has 0 aliphatic carbocycles. The highest BCUT2D eigenvalue weighted by atomic mass is 32.2. The lowest BCUT2D eigenvalue weighted by Crippen LogP contribution is -1.94. The lowest BCUT2D eigenvalue weighted by atomic mass is 10.3. The molecule has 0 amide bonds. The van der Waals surface area contributed by atoms with Gasteiger partial charge in [-0.05, 0) is 13.3 Å². The van der Waals surface area contributed by atoms with Crippen LogP contribution in [0.15, 0.2) is 16.5 Å². The van der Waals surface area contributed by atoms with Crippen molar-refractivity contribution in [3.63, 3.8) is 0 Å². The molecule has 0 saturated heterocycles. The van der Waals surface area contributed by atoms with E-state index < -0.39 is 5.97 Å². The summed E-state index contributed by atoms with van der Waals surface area (Å²) in [4.78, 5) is 15.3. The van der Waals surface area contributed by atoms with Gasteiger partial charge in [0, 0.05) is 5.75 Å². The quantitative estimate of drug-likeness (QED) is 0.637. The second-order valence-electron chi connectivity index (χ2n) is 3.09. The first-order valence-electron chi connectivity index (χ1n) is 4.54. The summed E-state index contributed by atoms with van der Waals surface area (Å²) in [5, 5.41) is 8.85. The lowest BCUT2D eigenvalue weighted by molar-refractivity contribution is 0.0701. The predicted molar refractivity (Wildman–Crippen MR) is 64.0 cm³/mol. The van der Waals surface area contributed by atoms with Crippen LogP contribution < -0.4 is 0 Å². The molecule has 0 radical (unpaired) electrons. The number of hydrogen-bond donors (Lipinski definition) is 1. The highest BCUT2D eigenvalue weighted by Gasteiger charge is 2.13. The van der Waals surface area contributed by atoms with Gasteiger partial charge in [-0.15, -0.1) is 11.3 Å². The molecule has 0 spiro atoms.